The Balaban J connectivity index is 1.28. The first-order valence-corrected chi connectivity index (χ1v) is 13.1. The number of fused-ring (bicyclic) bond motifs is 1. The quantitative estimate of drug-likeness (QED) is 0.322. The molecule has 12 heteroatoms. The maximum absolute atomic E-state index is 13.2. The van der Waals surface area contributed by atoms with E-state index in [1.807, 2.05) is 23.9 Å². The van der Waals surface area contributed by atoms with Crippen LogP contribution in [-0.2, 0) is 4.74 Å². The van der Waals surface area contributed by atoms with E-state index < -0.39 is 12.5 Å². The summed E-state index contributed by atoms with van der Waals surface area (Å²) in [6.07, 6.45) is 4.91. The van der Waals surface area contributed by atoms with Gasteiger partial charge in [-0.3, -0.25) is 9.88 Å². The van der Waals surface area contributed by atoms with Crippen LogP contribution in [0.5, 0.6) is 5.75 Å². The SMILES string of the molecule is Cc1c(-c2cc(OC(C)c3cncc(C(F)F)c3)c3c(Cl)cnn3c2)nnn1C1CCN(C2COC2)CC1. The van der Waals surface area contributed by atoms with Crippen LogP contribution in [0.2, 0.25) is 5.02 Å². The molecule has 0 radical (unpaired) electrons. The number of halogens is 3. The summed E-state index contributed by atoms with van der Waals surface area (Å²) in [5.74, 6) is 0.463. The smallest absolute Gasteiger partial charge is 0.265 e. The minimum atomic E-state index is -2.61. The third-order valence-corrected chi connectivity index (χ3v) is 7.80. The summed E-state index contributed by atoms with van der Waals surface area (Å²) in [4.78, 5) is 6.45. The molecule has 4 aromatic heterocycles. The molecule has 2 fully saturated rings. The molecule has 0 spiro atoms. The van der Waals surface area contributed by atoms with Gasteiger partial charge in [0, 0.05) is 48.4 Å². The van der Waals surface area contributed by atoms with Gasteiger partial charge in [-0.1, -0.05) is 16.8 Å². The Hall–Kier alpha value is -3.15. The molecule has 2 aliphatic heterocycles. The average Bonchev–Trinajstić information content (AvgIpc) is 3.46. The Labute approximate surface area is 223 Å². The lowest BCUT2D eigenvalue weighted by atomic mass is 10.0. The summed E-state index contributed by atoms with van der Waals surface area (Å²) in [6.45, 7) is 7.49. The van der Waals surface area contributed by atoms with Gasteiger partial charge in [0.15, 0.2) is 0 Å². The molecule has 1 unspecified atom stereocenters. The minimum Gasteiger partial charge on any atom is -0.484 e. The highest BCUT2D eigenvalue weighted by atomic mass is 35.5. The molecule has 2 saturated heterocycles. The molecule has 0 aliphatic carbocycles. The Bertz CT molecular complexity index is 1450. The van der Waals surface area contributed by atoms with Crippen LogP contribution < -0.4 is 4.74 Å². The largest absolute Gasteiger partial charge is 0.484 e. The Morgan fingerprint density at radius 1 is 1.08 bits per heavy atom. The first kappa shape index (κ1) is 25.1. The van der Waals surface area contributed by atoms with Gasteiger partial charge in [-0.2, -0.15) is 5.10 Å². The second-order valence-corrected chi connectivity index (χ2v) is 10.3. The Morgan fingerprint density at radius 3 is 2.55 bits per heavy atom. The first-order chi connectivity index (χ1) is 18.4. The molecule has 0 bridgehead atoms. The standard InChI is InChI=1S/C26H28ClF2N7O2/c1-15-24(32-33-36(15)20-3-5-34(6-4-20)21-13-37-14-21)19-8-23(25-22(27)11-31-35(25)12-19)38-16(2)17-7-18(26(28)29)10-30-9-17/h7-12,16,20-21,26H,3-6,13-14H2,1-2H3. The van der Waals surface area contributed by atoms with Crippen LogP contribution >= 0.6 is 11.6 Å². The lowest BCUT2D eigenvalue weighted by Crippen LogP contribution is -2.52. The molecule has 0 N–H and O–H groups in total. The van der Waals surface area contributed by atoms with E-state index in [1.165, 1.54) is 12.3 Å². The fourth-order valence-corrected chi connectivity index (χ4v) is 5.45. The summed E-state index contributed by atoms with van der Waals surface area (Å²) in [5.41, 5.74) is 3.42. The number of hydrogen-bond acceptors (Lipinski definition) is 7. The van der Waals surface area contributed by atoms with Gasteiger partial charge in [0.1, 0.15) is 23.1 Å². The summed E-state index contributed by atoms with van der Waals surface area (Å²) in [7, 11) is 0. The van der Waals surface area contributed by atoms with Crippen molar-refractivity contribution >= 4 is 17.1 Å². The number of likely N-dealkylation sites (tertiary alicyclic amines) is 1. The second kappa shape index (κ2) is 10.2. The maximum atomic E-state index is 13.2. The molecule has 2 aliphatic rings. The van der Waals surface area contributed by atoms with Crippen molar-refractivity contribution in [2.75, 3.05) is 26.3 Å². The monoisotopic (exact) mass is 543 g/mol. The van der Waals surface area contributed by atoms with E-state index in [0.29, 0.717) is 27.9 Å². The van der Waals surface area contributed by atoms with Crippen LogP contribution in [0, 0.1) is 6.92 Å². The number of ether oxygens (including phenoxy) is 2. The normalized spacial score (nSPS) is 18.3. The second-order valence-electron chi connectivity index (χ2n) is 9.92. The van der Waals surface area contributed by atoms with E-state index in [0.717, 1.165) is 62.3 Å². The van der Waals surface area contributed by atoms with Crippen molar-refractivity contribution in [2.24, 2.45) is 0 Å². The zero-order valence-electron chi connectivity index (χ0n) is 21.1. The van der Waals surface area contributed by atoms with Crippen LogP contribution in [-0.4, -0.2) is 66.8 Å². The predicted molar refractivity (Wildman–Crippen MR) is 137 cm³/mol. The molecule has 6 rings (SSSR count). The molecule has 4 aromatic rings. The zero-order chi connectivity index (χ0) is 26.4. The van der Waals surface area contributed by atoms with Crippen LogP contribution in [0.4, 0.5) is 8.78 Å². The van der Waals surface area contributed by atoms with Gasteiger partial charge in [-0.05, 0) is 38.8 Å². The van der Waals surface area contributed by atoms with Crippen molar-refractivity contribution in [3.63, 3.8) is 0 Å². The van der Waals surface area contributed by atoms with Gasteiger partial charge >= 0.3 is 0 Å². The van der Waals surface area contributed by atoms with Gasteiger partial charge in [-0.15, -0.1) is 5.10 Å². The summed E-state index contributed by atoms with van der Waals surface area (Å²) in [6, 6.07) is 4.08. The summed E-state index contributed by atoms with van der Waals surface area (Å²) >= 11 is 6.44. The van der Waals surface area contributed by atoms with E-state index >= 15 is 0 Å². The average molecular weight is 544 g/mol. The van der Waals surface area contributed by atoms with Crippen molar-refractivity contribution in [1.82, 2.24) is 34.5 Å². The van der Waals surface area contributed by atoms with Crippen LogP contribution in [0.1, 0.15) is 55.2 Å². The van der Waals surface area contributed by atoms with E-state index in [2.05, 4.69) is 25.3 Å². The Kier molecular flexibility index (Phi) is 6.75. The van der Waals surface area contributed by atoms with Gasteiger partial charge in [0.05, 0.1) is 42.2 Å². The lowest BCUT2D eigenvalue weighted by molar-refractivity contribution is -0.0735. The van der Waals surface area contributed by atoms with E-state index in [4.69, 9.17) is 21.1 Å². The van der Waals surface area contributed by atoms with Crippen LogP contribution in [0.25, 0.3) is 16.8 Å². The summed E-state index contributed by atoms with van der Waals surface area (Å²) < 4.78 is 41.7. The predicted octanol–water partition coefficient (Wildman–Crippen LogP) is 5.06. The van der Waals surface area contributed by atoms with Crippen LogP contribution in [0.15, 0.2) is 36.9 Å². The van der Waals surface area contributed by atoms with Gasteiger partial charge in [0.25, 0.3) is 6.43 Å². The number of aromatic nitrogens is 6. The zero-order valence-corrected chi connectivity index (χ0v) is 21.9. The molecule has 6 heterocycles. The van der Waals surface area contributed by atoms with Crippen molar-refractivity contribution in [3.8, 4) is 17.0 Å². The third-order valence-electron chi connectivity index (χ3n) is 7.52. The fourth-order valence-electron chi connectivity index (χ4n) is 5.23. The maximum Gasteiger partial charge on any atom is 0.265 e. The summed E-state index contributed by atoms with van der Waals surface area (Å²) in [5, 5.41) is 13.8. The number of alkyl halides is 2. The number of hydrogen-bond donors (Lipinski definition) is 0. The van der Waals surface area contributed by atoms with E-state index in [1.54, 1.807) is 17.6 Å². The highest BCUT2D eigenvalue weighted by Gasteiger charge is 2.31. The van der Waals surface area contributed by atoms with Crippen molar-refractivity contribution in [3.05, 3.63) is 58.8 Å². The molecule has 200 valence electrons. The van der Waals surface area contributed by atoms with Crippen LogP contribution in [0.3, 0.4) is 0 Å². The molecule has 9 nitrogen and oxygen atoms in total. The van der Waals surface area contributed by atoms with Crippen molar-refractivity contribution < 1.29 is 18.3 Å². The molecule has 0 amide bonds. The molecule has 1 atom stereocenters. The van der Waals surface area contributed by atoms with Gasteiger partial charge in [-0.25, -0.2) is 18.0 Å². The van der Waals surface area contributed by atoms with Gasteiger partial charge < -0.3 is 9.47 Å². The number of piperidine rings is 1. The number of nitrogens with zero attached hydrogens (tertiary/aromatic N) is 7. The molecular formula is C26H28ClF2N7O2. The molecule has 0 aromatic carbocycles. The van der Waals surface area contributed by atoms with Crippen molar-refractivity contribution in [1.29, 1.82) is 0 Å². The lowest BCUT2D eigenvalue weighted by Gasteiger charge is -2.41. The third kappa shape index (κ3) is 4.63. The first-order valence-electron chi connectivity index (χ1n) is 12.7. The fraction of sp³-hybridized carbons (Fsp3) is 0.462. The highest BCUT2D eigenvalue weighted by Crippen LogP contribution is 2.36. The molecule has 38 heavy (non-hydrogen) atoms. The molecule has 0 saturated carbocycles. The van der Waals surface area contributed by atoms with Crippen molar-refractivity contribution in [2.45, 2.75) is 51.3 Å². The Morgan fingerprint density at radius 2 is 1.84 bits per heavy atom. The molecular weight excluding hydrogens is 516 g/mol. The minimum absolute atomic E-state index is 0.154. The van der Waals surface area contributed by atoms with E-state index in [9.17, 15) is 8.78 Å². The topological polar surface area (TPSA) is 82.6 Å². The number of pyridine rings is 2. The number of rotatable bonds is 7. The highest BCUT2D eigenvalue weighted by molar-refractivity contribution is 6.34. The van der Waals surface area contributed by atoms with E-state index in [-0.39, 0.29) is 11.6 Å². The van der Waals surface area contributed by atoms with Gasteiger partial charge in [0.2, 0.25) is 0 Å².